The van der Waals surface area contributed by atoms with E-state index in [0.717, 1.165) is 11.6 Å². The van der Waals surface area contributed by atoms with Crippen LogP contribution in [0.4, 0.5) is 0 Å². The molecule has 1 nitrogen and oxygen atoms in total. The molecule has 0 bridgehead atoms. The second kappa shape index (κ2) is 5.00. The van der Waals surface area contributed by atoms with Gasteiger partial charge in [0.1, 0.15) is 0 Å². The first-order valence-electron chi connectivity index (χ1n) is 5.20. The molecule has 0 fully saturated rings. The summed E-state index contributed by atoms with van der Waals surface area (Å²) in [6.45, 7) is 2.97. The molecule has 0 aliphatic rings. The lowest BCUT2D eigenvalue weighted by Crippen LogP contribution is -2.06. The fourth-order valence-electron chi connectivity index (χ4n) is 1.72. The smallest absolute Gasteiger partial charge is 0.0409 e. The molecule has 1 aromatic carbocycles. The van der Waals surface area contributed by atoms with Gasteiger partial charge in [-0.25, -0.2) is 0 Å². The van der Waals surface area contributed by atoms with Gasteiger partial charge in [-0.3, -0.25) is 0 Å². The van der Waals surface area contributed by atoms with Gasteiger partial charge in [0.2, 0.25) is 0 Å². The number of benzene rings is 1. The first kappa shape index (κ1) is 11.6. The highest BCUT2D eigenvalue weighted by molar-refractivity contribution is 7.15. The van der Waals surface area contributed by atoms with Crippen LogP contribution in [-0.2, 0) is 6.54 Å². The van der Waals surface area contributed by atoms with Crippen LogP contribution in [0.15, 0.2) is 30.3 Å². The van der Waals surface area contributed by atoms with E-state index in [9.17, 15) is 0 Å². The maximum absolute atomic E-state index is 6.02. The van der Waals surface area contributed by atoms with E-state index >= 15 is 0 Å². The van der Waals surface area contributed by atoms with Gasteiger partial charge in [0.15, 0.2) is 0 Å². The van der Waals surface area contributed by atoms with Crippen LogP contribution in [0.25, 0.3) is 10.4 Å². The van der Waals surface area contributed by atoms with Crippen molar-refractivity contribution in [1.82, 2.24) is 5.32 Å². The number of thiophene rings is 1. The predicted molar refractivity (Wildman–Crippen MR) is 72.3 cm³/mol. The van der Waals surface area contributed by atoms with E-state index in [0.29, 0.717) is 0 Å². The van der Waals surface area contributed by atoms with Crippen molar-refractivity contribution < 1.29 is 0 Å². The number of halogens is 1. The van der Waals surface area contributed by atoms with Crippen LogP contribution in [0.3, 0.4) is 0 Å². The van der Waals surface area contributed by atoms with Gasteiger partial charge in [0, 0.05) is 21.3 Å². The Morgan fingerprint density at radius 2 is 2.06 bits per heavy atom. The third-order valence-electron chi connectivity index (χ3n) is 2.44. The highest BCUT2D eigenvalue weighted by Crippen LogP contribution is 2.31. The lowest BCUT2D eigenvalue weighted by atomic mass is 10.1. The molecule has 2 aromatic rings. The standard InChI is InChI=1S/C13H14ClNS/c1-9-3-6-13(16-9)12-5-4-11(14)7-10(12)8-15-2/h3-7,15H,8H2,1-2H3. The Hall–Kier alpha value is -0.830. The zero-order valence-electron chi connectivity index (χ0n) is 9.38. The van der Waals surface area contributed by atoms with Crippen LogP contribution < -0.4 is 5.32 Å². The van der Waals surface area contributed by atoms with Crippen LogP contribution in [0.5, 0.6) is 0 Å². The molecule has 1 aromatic heterocycles. The minimum atomic E-state index is 0.794. The monoisotopic (exact) mass is 251 g/mol. The minimum Gasteiger partial charge on any atom is -0.316 e. The Balaban J connectivity index is 2.47. The summed E-state index contributed by atoms with van der Waals surface area (Å²) < 4.78 is 0. The van der Waals surface area contributed by atoms with Gasteiger partial charge < -0.3 is 5.32 Å². The predicted octanol–water partition coefficient (Wildman–Crippen LogP) is 4.10. The Morgan fingerprint density at radius 3 is 2.69 bits per heavy atom. The molecule has 0 atom stereocenters. The van der Waals surface area contributed by atoms with Crippen molar-refractivity contribution in [2.45, 2.75) is 13.5 Å². The summed E-state index contributed by atoms with van der Waals surface area (Å²) >= 11 is 7.84. The van der Waals surface area contributed by atoms with Gasteiger partial charge in [-0.2, -0.15) is 0 Å². The van der Waals surface area contributed by atoms with Crippen molar-refractivity contribution in [3.05, 3.63) is 45.8 Å². The summed E-state index contributed by atoms with van der Waals surface area (Å²) in [7, 11) is 1.95. The second-order valence-corrected chi connectivity index (χ2v) is 5.47. The molecule has 0 saturated heterocycles. The molecular formula is C13H14ClNS. The molecule has 0 amide bonds. The highest BCUT2D eigenvalue weighted by atomic mass is 35.5. The van der Waals surface area contributed by atoms with Gasteiger partial charge in [-0.1, -0.05) is 17.7 Å². The molecule has 0 unspecified atom stereocenters. The maximum Gasteiger partial charge on any atom is 0.0409 e. The molecule has 0 spiro atoms. The lowest BCUT2D eigenvalue weighted by Gasteiger charge is -2.08. The average molecular weight is 252 g/mol. The van der Waals surface area contributed by atoms with Crippen molar-refractivity contribution >= 4 is 22.9 Å². The number of nitrogens with one attached hydrogen (secondary N) is 1. The zero-order valence-corrected chi connectivity index (χ0v) is 11.0. The van der Waals surface area contributed by atoms with Crippen molar-refractivity contribution in [2.75, 3.05) is 7.05 Å². The van der Waals surface area contributed by atoms with Gasteiger partial charge in [-0.05, 0) is 49.4 Å². The third-order valence-corrected chi connectivity index (χ3v) is 3.71. The normalized spacial score (nSPS) is 10.7. The van der Waals surface area contributed by atoms with E-state index in [1.165, 1.54) is 20.9 Å². The van der Waals surface area contributed by atoms with Gasteiger partial charge in [0.05, 0.1) is 0 Å². The van der Waals surface area contributed by atoms with Crippen molar-refractivity contribution in [3.63, 3.8) is 0 Å². The topological polar surface area (TPSA) is 12.0 Å². The number of hydrogen-bond donors (Lipinski definition) is 1. The largest absolute Gasteiger partial charge is 0.316 e. The molecule has 84 valence electrons. The van der Waals surface area contributed by atoms with Gasteiger partial charge in [-0.15, -0.1) is 11.3 Å². The molecule has 0 saturated carbocycles. The fraction of sp³-hybridized carbons (Fsp3) is 0.231. The molecule has 3 heteroatoms. The summed E-state index contributed by atoms with van der Waals surface area (Å²) in [5.74, 6) is 0. The van der Waals surface area contributed by atoms with Crippen LogP contribution in [0, 0.1) is 6.92 Å². The van der Waals surface area contributed by atoms with Crippen molar-refractivity contribution in [1.29, 1.82) is 0 Å². The van der Waals surface area contributed by atoms with Gasteiger partial charge in [0.25, 0.3) is 0 Å². The SMILES string of the molecule is CNCc1cc(Cl)ccc1-c1ccc(C)s1. The summed E-state index contributed by atoms with van der Waals surface area (Å²) in [5, 5.41) is 3.97. The molecule has 1 heterocycles. The highest BCUT2D eigenvalue weighted by Gasteiger charge is 2.07. The van der Waals surface area contributed by atoms with Crippen molar-refractivity contribution in [3.8, 4) is 10.4 Å². The van der Waals surface area contributed by atoms with Crippen molar-refractivity contribution in [2.24, 2.45) is 0 Å². The first-order chi connectivity index (χ1) is 7.70. The molecule has 1 N–H and O–H groups in total. The molecule has 2 rings (SSSR count). The number of hydrogen-bond acceptors (Lipinski definition) is 2. The number of aryl methyl sites for hydroxylation is 1. The summed E-state index contributed by atoms with van der Waals surface area (Å²) in [4.78, 5) is 2.64. The minimum absolute atomic E-state index is 0.794. The molecule has 0 aliphatic carbocycles. The second-order valence-electron chi connectivity index (χ2n) is 3.74. The number of rotatable bonds is 3. The van der Waals surface area contributed by atoms with E-state index in [1.54, 1.807) is 0 Å². The Morgan fingerprint density at radius 1 is 1.25 bits per heavy atom. The Labute approximate surface area is 105 Å². The van der Waals surface area contributed by atoms with E-state index in [-0.39, 0.29) is 0 Å². The van der Waals surface area contributed by atoms with Crippen LogP contribution in [0.1, 0.15) is 10.4 Å². The lowest BCUT2D eigenvalue weighted by molar-refractivity contribution is 0.820. The summed E-state index contributed by atoms with van der Waals surface area (Å²) in [6, 6.07) is 10.4. The van der Waals surface area contributed by atoms with E-state index in [1.807, 2.05) is 30.5 Å². The first-order valence-corrected chi connectivity index (χ1v) is 6.40. The summed E-state index contributed by atoms with van der Waals surface area (Å²) in [5.41, 5.74) is 2.52. The van der Waals surface area contributed by atoms with Crippen LogP contribution in [-0.4, -0.2) is 7.05 Å². The molecule has 0 radical (unpaired) electrons. The van der Waals surface area contributed by atoms with E-state index < -0.39 is 0 Å². The van der Waals surface area contributed by atoms with Crippen LogP contribution >= 0.6 is 22.9 Å². The van der Waals surface area contributed by atoms with Gasteiger partial charge >= 0.3 is 0 Å². The summed E-state index contributed by atoms with van der Waals surface area (Å²) in [6.07, 6.45) is 0. The Kier molecular flexibility index (Phi) is 3.64. The van der Waals surface area contributed by atoms with E-state index in [4.69, 9.17) is 11.6 Å². The molecule has 16 heavy (non-hydrogen) atoms. The quantitative estimate of drug-likeness (QED) is 0.866. The maximum atomic E-state index is 6.02. The third kappa shape index (κ3) is 2.46. The van der Waals surface area contributed by atoms with E-state index in [2.05, 4.69) is 30.4 Å². The molecule has 0 aliphatic heterocycles. The average Bonchev–Trinajstić information content (AvgIpc) is 2.65. The fourth-order valence-corrected chi connectivity index (χ4v) is 2.84. The zero-order chi connectivity index (χ0) is 11.5. The molecular weight excluding hydrogens is 238 g/mol. The Bertz CT molecular complexity index is 490. The van der Waals surface area contributed by atoms with Crippen LogP contribution in [0.2, 0.25) is 5.02 Å².